The monoisotopic (exact) mass is 241 g/mol. The number of hydrogen-bond donors (Lipinski definition) is 0. The molecule has 0 N–H and O–H groups in total. The second-order valence-corrected chi connectivity index (χ2v) is 8.35. The molecule has 0 aromatic rings. The molecule has 1 atom stereocenters. The van der Waals surface area contributed by atoms with Crippen LogP contribution in [0.1, 0.15) is 68.2 Å². The molecule has 1 unspecified atom stereocenters. The Kier molecular flexibility index (Phi) is 5.29. The van der Waals surface area contributed by atoms with E-state index in [0.717, 1.165) is 5.92 Å². The Bertz CT molecular complexity index is 230. The van der Waals surface area contributed by atoms with E-state index in [9.17, 15) is 0 Å². The molecular formula is C16H35N. The van der Waals surface area contributed by atoms with Crippen LogP contribution in [0.3, 0.4) is 0 Å². The van der Waals surface area contributed by atoms with Crippen LogP contribution in [0.2, 0.25) is 0 Å². The first kappa shape index (κ1) is 17.0. The molecule has 0 spiro atoms. The predicted molar refractivity (Wildman–Crippen MR) is 79.4 cm³/mol. The van der Waals surface area contributed by atoms with E-state index in [1.165, 1.54) is 12.8 Å². The molecule has 0 aromatic carbocycles. The number of rotatable bonds is 5. The van der Waals surface area contributed by atoms with Crippen LogP contribution in [0.4, 0.5) is 0 Å². The highest BCUT2D eigenvalue weighted by molar-refractivity contribution is 4.87. The van der Waals surface area contributed by atoms with Gasteiger partial charge in [-0.3, -0.25) is 0 Å². The zero-order chi connectivity index (χ0) is 14.1. The highest BCUT2D eigenvalue weighted by atomic mass is 15.1. The minimum Gasteiger partial charge on any atom is -0.304 e. The summed E-state index contributed by atoms with van der Waals surface area (Å²) in [6.45, 7) is 19.0. The first-order chi connectivity index (χ1) is 7.29. The fraction of sp³-hybridized carbons (Fsp3) is 1.00. The van der Waals surface area contributed by atoms with Gasteiger partial charge in [0, 0.05) is 5.54 Å². The molecule has 0 aliphatic carbocycles. The van der Waals surface area contributed by atoms with E-state index in [-0.39, 0.29) is 0 Å². The average molecular weight is 241 g/mol. The van der Waals surface area contributed by atoms with Crippen molar-refractivity contribution in [1.29, 1.82) is 0 Å². The molecule has 0 heterocycles. The van der Waals surface area contributed by atoms with Crippen molar-refractivity contribution < 1.29 is 0 Å². The lowest BCUT2D eigenvalue weighted by Crippen LogP contribution is -2.41. The van der Waals surface area contributed by atoms with Crippen LogP contribution in [0.25, 0.3) is 0 Å². The van der Waals surface area contributed by atoms with Crippen molar-refractivity contribution in [2.75, 3.05) is 14.1 Å². The fourth-order valence-electron chi connectivity index (χ4n) is 2.28. The minimum atomic E-state index is 0.299. The van der Waals surface area contributed by atoms with E-state index in [1.54, 1.807) is 0 Å². The predicted octanol–water partition coefficient (Wildman–Crippen LogP) is 4.82. The van der Waals surface area contributed by atoms with E-state index >= 15 is 0 Å². The van der Waals surface area contributed by atoms with Crippen LogP contribution in [0.15, 0.2) is 0 Å². The SMILES string of the molecule is CC(CC(C)(C)N(C)C)CC(C)(C)C(C)(C)C. The Labute approximate surface area is 110 Å². The molecular weight excluding hydrogens is 206 g/mol. The van der Waals surface area contributed by atoms with Gasteiger partial charge in [-0.1, -0.05) is 41.5 Å². The molecule has 0 bridgehead atoms. The normalized spacial score (nSPS) is 16.4. The first-order valence-electron chi connectivity index (χ1n) is 6.97. The molecule has 104 valence electrons. The zero-order valence-corrected chi connectivity index (χ0v) is 13.9. The standard InChI is InChI=1S/C16H35N/c1-13(12-16(7,8)17(9)10)11-15(5,6)14(2,3)4/h13H,11-12H2,1-10H3. The molecule has 0 aliphatic rings. The largest absolute Gasteiger partial charge is 0.304 e. The lowest BCUT2D eigenvalue weighted by molar-refractivity contribution is 0.0765. The van der Waals surface area contributed by atoms with E-state index < -0.39 is 0 Å². The summed E-state index contributed by atoms with van der Waals surface area (Å²) in [5.41, 5.74) is 1.08. The molecule has 0 radical (unpaired) electrons. The van der Waals surface area contributed by atoms with E-state index in [2.05, 4.69) is 74.4 Å². The maximum absolute atomic E-state index is 2.41. The zero-order valence-electron chi connectivity index (χ0n) is 13.9. The van der Waals surface area contributed by atoms with Crippen LogP contribution in [-0.4, -0.2) is 24.5 Å². The van der Waals surface area contributed by atoms with Gasteiger partial charge in [0.15, 0.2) is 0 Å². The van der Waals surface area contributed by atoms with Crippen molar-refractivity contribution in [2.45, 2.75) is 73.8 Å². The van der Waals surface area contributed by atoms with Crippen molar-refractivity contribution in [2.24, 2.45) is 16.7 Å². The smallest absolute Gasteiger partial charge is 0.0149 e. The highest BCUT2D eigenvalue weighted by Crippen LogP contribution is 2.44. The van der Waals surface area contributed by atoms with E-state index in [4.69, 9.17) is 0 Å². The van der Waals surface area contributed by atoms with Crippen LogP contribution in [0.5, 0.6) is 0 Å². The van der Waals surface area contributed by atoms with Gasteiger partial charge in [-0.15, -0.1) is 0 Å². The molecule has 0 aliphatic heterocycles. The van der Waals surface area contributed by atoms with Crippen molar-refractivity contribution in [3.05, 3.63) is 0 Å². The lowest BCUT2D eigenvalue weighted by Gasteiger charge is -2.43. The molecule has 0 saturated heterocycles. The lowest BCUT2D eigenvalue weighted by atomic mass is 9.64. The highest BCUT2D eigenvalue weighted by Gasteiger charge is 2.35. The van der Waals surface area contributed by atoms with Crippen LogP contribution >= 0.6 is 0 Å². The summed E-state index contributed by atoms with van der Waals surface area (Å²) < 4.78 is 0. The molecule has 0 rings (SSSR count). The third-order valence-corrected chi connectivity index (χ3v) is 4.95. The minimum absolute atomic E-state index is 0.299. The van der Waals surface area contributed by atoms with Gasteiger partial charge in [0.05, 0.1) is 0 Å². The van der Waals surface area contributed by atoms with Crippen molar-refractivity contribution in [3.63, 3.8) is 0 Å². The van der Waals surface area contributed by atoms with Crippen LogP contribution in [-0.2, 0) is 0 Å². The quantitative estimate of drug-likeness (QED) is 0.667. The molecule has 0 fully saturated rings. The second-order valence-electron chi connectivity index (χ2n) is 8.35. The molecule has 0 aromatic heterocycles. The Balaban J connectivity index is 4.53. The van der Waals surface area contributed by atoms with Gasteiger partial charge in [0.2, 0.25) is 0 Å². The second kappa shape index (κ2) is 5.30. The maximum Gasteiger partial charge on any atom is 0.0149 e. The van der Waals surface area contributed by atoms with Crippen LogP contribution < -0.4 is 0 Å². The van der Waals surface area contributed by atoms with Gasteiger partial charge in [-0.05, 0) is 57.5 Å². The Morgan fingerprint density at radius 3 is 1.53 bits per heavy atom. The maximum atomic E-state index is 2.41. The number of hydrogen-bond acceptors (Lipinski definition) is 1. The van der Waals surface area contributed by atoms with Gasteiger partial charge < -0.3 is 4.90 Å². The van der Waals surface area contributed by atoms with Crippen LogP contribution in [0, 0.1) is 16.7 Å². The third kappa shape index (κ3) is 4.99. The van der Waals surface area contributed by atoms with Crippen molar-refractivity contribution in [3.8, 4) is 0 Å². The van der Waals surface area contributed by atoms with Gasteiger partial charge >= 0.3 is 0 Å². The Morgan fingerprint density at radius 2 is 1.24 bits per heavy atom. The number of nitrogens with zero attached hydrogens (tertiary/aromatic N) is 1. The fourth-order valence-corrected chi connectivity index (χ4v) is 2.28. The molecule has 17 heavy (non-hydrogen) atoms. The molecule has 1 nitrogen and oxygen atoms in total. The molecule has 1 heteroatoms. The Morgan fingerprint density at radius 1 is 0.824 bits per heavy atom. The summed E-state index contributed by atoms with van der Waals surface area (Å²) >= 11 is 0. The van der Waals surface area contributed by atoms with Gasteiger partial charge in [0.25, 0.3) is 0 Å². The average Bonchev–Trinajstić information content (AvgIpc) is 1.98. The topological polar surface area (TPSA) is 3.24 Å². The van der Waals surface area contributed by atoms with E-state index in [0.29, 0.717) is 16.4 Å². The summed E-state index contributed by atoms with van der Waals surface area (Å²) in [6.07, 6.45) is 2.56. The molecule has 0 saturated carbocycles. The molecule has 0 amide bonds. The van der Waals surface area contributed by atoms with Crippen molar-refractivity contribution in [1.82, 2.24) is 4.90 Å². The summed E-state index contributed by atoms with van der Waals surface area (Å²) in [5, 5.41) is 0. The van der Waals surface area contributed by atoms with Gasteiger partial charge in [0.1, 0.15) is 0 Å². The first-order valence-corrected chi connectivity index (χ1v) is 6.97. The third-order valence-electron chi connectivity index (χ3n) is 4.95. The van der Waals surface area contributed by atoms with Gasteiger partial charge in [-0.2, -0.15) is 0 Å². The van der Waals surface area contributed by atoms with Gasteiger partial charge in [-0.25, -0.2) is 0 Å². The summed E-state index contributed by atoms with van der Waals surface area (Å²) in [4.78, 5) is 2.34. The van der Waals surface area contributed by atoms with Crippen molar-refractivity contribution >= 4 is 0 Å². The summed E-state index contributed by atoms with van der Waals surface area (Å²) in [6, 6.07) is 0. The van der Waals surface area contributed by atoms with E-state index in [1.807, 2.05) is 0 Å². The summed E-state index contributed by atoms with van der Waals surface area (Å²) in [5.74, 6) is 0.765. The Hall–Kier alpha value is -0.0400. The summed E-state index contributed by atoms with van der Waals surface area (Å²) in [7, 11) is 4.36.